The third-order valence-corrected chi connectivity index (χ3v) is 12.1. The molecule has 2 aromatic rings. The van der Waals surface area contributed by atoms with Crippen LogP contribution in [-0.2, 0) is 13.4 Å². The third-order valence-electron chi connectivity index (χ3n) is 5.10. The second-order valence-corrected chi connectivity index (χ2v) is 13.8. The van der Waals surface area contributed by atoms with E-state index in [-0.39, 0.29) is 6.61 Å². The van der Waals surface area contributed by atoms with E-state index in [0.717, 1.165) is 19.3 Å². The molecule has 1 heterocycles. The molecule has 1 aromatic heterocycles. The summed E-state index contributed by atoms with van der Waals surface area (Å²) >= 11 is 0. The van der Waals surface area contributed by atoms with Crippen molar-refractivity contribution < 1.29 is 22.1 Å². The van der Waals surface area contributed by atoms with Gasteiger partial charge in [-0.05, 0) is 0 Å². The normalized spacial score (nSPS) is 16.0. The Morgan fingerprint density at radius 1 is 1.03 bits per heavy atom. The van der Waals surface area contributed by atoms with E-state index in [2.05, 4.69) is 22.3 Å². The van der Waals surface area contributed by atoms with E-state index in [1.165, 1.54) is 0 Å². The first-order valence-electron chi connectivity index (χ1n) is 10.2. The van der Waals surface area contributed by atoms with Gasteiger partial charge in [-0.25, -0.2) is 0 Å². The van der Waals surface area contributed by atoms with Gasteiger partial charge in [0.25, 0.3) is 0 Å². The standard InChI is InChI=1S/C18H35FN6O4P2/c1-8-9-10-11-15-27-30(19,26)29-31(23(2)3,24(4)5,25(6)7)28-17-14-12-13-16-18(17)21-22-20-16/h12-14H,8-11,15H2,1-7H3,(H,20,21,22). The van der Waals surface area contributed by atoms with Crippen LogP contribution >= 0.6 is 15.4 Å². The van der Waals surface area contributed by atoms with Crippen molar-refractivity contribution in [2.75, 3.05) is 48.9 Å². The number of hydrogen-bond donors (Lipinski definition) is 1. The number of H-pyrrole nitrogens is 1. The molecule has 1 atom stereocenters. The Labute approximate surface area is 183 Å². The number of rotatable bonds is 13. The minimum atomic E-state index is -5.01. The molecule has 0 aliphatic rings. The third kappa shape index (κ3) is 5.09. The molecule has 1 N–H and O–H groups in total. The maximum absolute atomic E-state index is 15.3. The summed E-state index contributed by atoms with van der Waals surface area (Å²) in [4.78, 5) is 0. The molecule has 1 unspecified atom stereocenters. The zero-order valence-electron chi connectivity index (χ0n) is 19.4. The Morgan fingerprint density at radius 3 is 2.26 bits per heavy atom. The van der Waals surface area contributed by atoms with Gasteiger partial charge >= 0.3 is 183 Å². The van der Waals surface area contributed by atoms with Gasteiger partial charge in [0.05, 0.1) is 0 Å². The molecule has 0 saturated heterocycles. The second kappa shape index (κ2) is 10.2. The number of aromatic nitrogens is 3. The van der Waals surface area contributed by atoms with Crippen LogP contribution in [0.2, 0.25) is 0 Å². The zero-order chi connectivity index (χ0) is 23.3. The van der Waals surface area contributed by atoms with Crippen molar-refractivity contribution in [2.45, 2.75) is 32.6 Å². The van der Waals surface area contributed by atoms with E-state index in [9.17, 15) is 4.57 Å². The minimum absolute atomic E-state index is 0.00652. The molecule has 0 spiro atoms. The Bertz CT molecular complexity index is 886. The molecular weight excluding hydrogens is 445 g/mol. The summed E-state index contributed by atoms with van der Waals surface area (Å²) in [5, 5.41) is 10.8. The summed E-state index contributed by atoms with van der Waals surface area (Å²) in [7, 11) is 0.611. The van der Waals surface area contributed by atoms with Crippen LogP contribution in [0.3, 0.4) is 0 Å². The van der Waals surface area contributed by atoms with E-state index in [4.69, 9.17) is 13.4 Å². The molecule has 13 heteroatoms. The van der Waals surface area contributed by atoms with Crippen LogP contribution in [0.1, 0.15) is 32.6 Å². The summed E-state index contributed by atoms with van der Waals surface area (Å²) in [5.74, 6) is 0.308. The van der Waals surface area contributed by atoms with E-state index in [0.29, 0.717) is 23.2 Å². The Balaban J connectivity index is 2.50. The monoisotopic (exact) mass is 480 g/mol. The van der Waals surface area contributed by atoms with E-state index < -0.39 is 15.4 Å². The predicted octanol–water partition coefficient (Wildman–Crippen LogP) is 4.84. The van der Waals surface area contributed by atoms with Crippen LogP contribution in [0.15, 0.2) is 18.2 Å². The van der Waals surface area contributed by atoms with Crippen LogP contribution < -0.4 is 4.52 Å². The number of para-hydroxylation sites is 1. The van der Waals surface area contributed by atoms with Crippen molar-refractivity contribution in [3.63, 3.8) is 0 Å². The molecule has 0 saturated carbocycles. The van der Waals surface area contributed by atoms with Gasteiger partial charge in [-0.2, -0.15) is 0 Å². The summed E-state index contributed by atoms with van der Waals surface area (Å²) < 4.78 is 50.5. The average molecular weight is 480 g/mol. The van der Waals surface area contributed by atoms with E-state index in [1.807, 2.05) is 0 Å². The number of benzene rings is 1. The predicted molar refractivity (Wildman–Crippen MR) is 122 cm³/mol. The molecule has 0 radical (unpaired) electrons. The van der Waals surface area contributed by atoms with Crippen molar-refractivity contribution in [3.8, 4) is 5.75 Å². The maximum atomic E-state index is 15.3. The van der Waals surface area contributed by atoms with Crippen molar-refractivity contribution in [3.05, 3.63) is 18.2 Å². The van der Waals surface area contributed by atoms with Crippen LogP contribution in [0.4, 0.5) is 4.20 Å². The number of fused-ring (bicyclic) bond motifs is 1. The summed E-state index contributed by atoms with van der Waals surface area (Å²) in [6, 6.07) is 5.19. The van der Waals surface area contributed by atoms with E-state index >= 15 is 4.20 Å². The number of nitrogens with one attached hydrogen (secondary N) is 1. The van der Waals surface area contributed by atoms with Gasteiger partial charge in [0, 0.05) is 0 Å². The molecule has 0 amide bonds. The average Bonchev–Trinajstić information content (AvgIpc) is 3.16. The van der Waals surface area contributed by atoms with Gasteiger partial charge < -0.3 is 0 Å². The number of halogens is 1. The van der Waals surface area contributed by atoms with Crippen molar-refractivity contribution >= 4 is 26.4 Å². The summed E-state index contributed by atoms with van der Waals surface area (Å²) in [5.41, 5.74) is 1.01. The fraction of sp³-hybridized carbons (Fsp3) is 0.667. The van der Waals surface area contributed by atoms with Gasteiger partial charge in [0.1, 0.15) is 0 Å². The van der Waals surface area contributed by atoms with Crippen molar-refractivity contribution in [2.24, 2.45) is 0 Å². The summed E-state index contributed by atoms with van der Waals surface area (Å²) in [6.45, 7) is 2.07. The van der Waals surface area contributed by atoms with Gasteiger partial charge in [0.2, 0.25) is 0 Å². The van der Waals surface area contributed by atoms with Gasteiger partial charge in [-0.1, -0.05) is 0 Å². The number of nitrogens with zero attached hydrogens (tertiary/aromatic N) is 5. The molecule has 10 nitrogen and oxygen atoms in total. The molecule has 178 valence electrons. The topological polar surface area (TPSA) is 96.0 Å². The SMILES string of the molecule is CCCCCCOP(=O)(F)OP(Oc1cccc2n[nH]nc12)(N(C)C)(N(C)C)N(C)C. The molecule has 1 aromatic carbocycles. The fourth-order valence-corrected chi connectivity index (χ4v) is 10.5. The summed E-state index contributed by atoms with van der Waals surface area (Å²) in [6.07, 6.45) is 3.48. The Hall–Kier alpha value is -1.19. The molecule has 0 fully saturated rings. The van der Waals surface area contributed by atoms with Crippen LogP contribution in [0.25, 0.3) is 11.0 Å². The fourth-order valence-electron chi connectivity index (χ4n) is 3.54. The first kappa shape index (κ1) is 26.1. The van der Waals surface area contributed by atoms with Crippen LogP contribution in [0.5, 0.6) is 5.75 Å². The van der Waals surface area contributed by atoms with Crippen LogP contribution in [0, 0.1) is 0 Å². The Morgan fingerprint density at radius 2 is 1.68 bits per heavy atom. The second-order valence-electron chi connectivity index (χ2n) is 7.82. The van der Waals surface area contributed by atoms with Crippen molar-refractivity contribution in [1.29, 1.82) is 0 Å². The number of unbranched alkanes of at least 4 members (excludes halogenated alkanes) is 3. The van der Waals surface area contributed by atoms with Gasteiger partial charge in [-0.15, -0.1) is 0 Å². The molecule has 0 aliphatic heterocycles. The van der Waals surface area contributed by atoms with Gasteiger partial charge in [0.15, 0.2) is 0 Å². The molecule has 2 rings (SSSR count). The zero-order valence-corrected chi connectivity index (χ0v) is 21.2. The van der Waals surface area contributed by atoms with Gasteiger partial charge in [-0.3, -0.25) is 0 Å². The number of aromatic amines is 1. The molecular formula is C18H35FN6O4P2. The molecule has 31 heavy (non-hydrogen) atoms. The molecule has 0 aliphatic carbocycles. The first-order valence-corrected chi connectivity index (χ1v) is 13.6. The molecule has 0 bridgehead atoms. The quantitative estimate of drug-likeness (QED) is 0.319. The first-order chi connectivity index (χ1) is 14.5. The van der Waals surface area contributed by atoms with Crippen LogP contribution in [-0.4, -0.2) is 78.3 Å². The van der Waals surface area contributed by atoms with Crippen molar-refractivity contribution in [1.82, 2.24) is 29.4 Å². The number of hydrogen-bond acceptors (Lipinski definition) is 9. The Kier molecular flexibility index (Phi) is 8.55. The van der Waals surface area contributed by atoms with E-state index in [1.54, 1.807) is 74.5 Å².